The molecule has 0 saturated heterocycles. The molecule has 0 aromatic heterocycles. The smallest absolute Gasteiger partial charge is 0.273 e. The standard InChI is InChI=1S/C14H22N2O3/c1-2-3-10-19-11-6-9-15-12-13-7-4-5-8-14(13)16(17)18/h4-5,7-8,15H,2-3,6,9-12H2,1H3. The molecule has 5 heteroatoms. The molecular formula is C14H22N2O3. The first-order chi connectivity index (χ1) is 9.25. The average Bonchev–Trinajstić information content (AvgIpc) is 2.42. The maximum atomic E-state index is 10.8. The number of nitrogens with one attached hydrogen (secondary N) is 1. The van der Waals surface area contributed by atoms with Crippen molar-refractivity contribution in [2.24, 2.45) is 0 Å². The minimum absolute atomic E-state index is 0.175. The van der Waals surface area contributed by atoms with Crippen LogP contribution >= 0.6 is 0 Å². The molecule has 0 fully saturated rings. The van der Waals surface area contributed by atoms with Crippen molar-refractivity contribution in [3.63, 3.8) is 0 Å². The molecular weight excluding hydrogens is 244 g/mol. The third kappa shape index (κ3) is 6.31. The first-order valence-electron chi connectivity index (χ1n) is 6.76. The van der Waals surface area contributed by atoms with Crippen molar-refractivity contribution in [1.82, 2.24) is 5.32 Å². The number of nitro benzene ring substituents is 1. The van der Waals surface area contributed by atoms with Gasteiger partial charge in [0.15, 0.2) is 0 Å². The highest BCUT2D eigenvalue weighted by Crippen LogP contribution is 2.16. The summed E-state index contributed by atoms with van der Waals surface area (Å²) >= 11 is 0. The van der Waals surface area contributed by atoms with Crippen LogP contribution < -0.4 is 5.32 Å². The van der Waals surface area contributed by atoms with E-state index in [0.717, 1.165) is 44.6 Å². The van der Waals surface area contributed by atoms with Crippen molar-refractivity contribution >= 4 is 5.69 Å². The van der Waals surface area contributed by atoms with E-state index in [1.165, 1.54) is 6.07 Å². The van der Waals surface area contributed by atoms with Crippen molar-refractivity contribution in [3.8, 4) is 0 Å². The van der Waals surface area contributed by atoms with Crippen LogP contribution in [0.3, 0.4) is 0 Å². The van der Waals surface area contributed by atoms with Crippen molar-refractivity contribution in [3.05, 3.63) is 39.9 Å². The van der Waals surface area contributed by atoms with Crippen LogP contribution in [0.4, 0.5) is 5.69 Å². The SMILES string of the molecule is CCCCOCCCNCc1ccccc1[N+](=O)[O-]. The second kappa shape index (κ2) is 9.47. The van der Waals surface area contributed by atoms with Gasteiger partial charge in [-0.2, -0.15) is 0 Å². The average molecular weight is 266 g/mol. The third-order valence-electron chi connectivity index (χ3n) is 2.79. The fourth-order valence-corrected chi connectivity index (χ4v) is 1.71. The van der Waals surface area contributed by atoms with Crippen molar-refractivity contribution in [2.75, 3.05) is 19.8 Å². The molecule has 0 aliphatic rings. The van der Waals surface area contributed by atoms with Gasteiger partial charge < -0.3 is 10.1 Å². The Morgan fingerprint density at radius 2 is 2.00 bits per heavy atom. The molecule has 5 nitrogen and oxygen atoms in total. The molecule has 1 aromatic rings. The molecule has 0 bridgehead atoms. The highest BCUT2D eigenvalue weighted by Gasteiger charge is 2.10. The summed E-state index contributed by atoms with van der Waals surface area (Å²) in [5.74, 6) is 0. The Hall–Kier alpha value is -1.46. The molecule has 19 heavy (non-hydrogen) atoms. The van der Waals surface area contributed by atoms with Crippen LogP contribution in [0.25, 0.3) is 0 Å². The van der Waals surface area contributed by atoms with Gasteiger partial charge in [-0.15, -0.1) is 0 Å². The molecule has 0 spiro atoms. The second-order valence-corrected chi connectivity index (χ2v) is 4.38. The van der Waals surface area contributed by atoms with Crippen LogP contribution in [0.15, 0.2) is 24.3 Å². The summed E-state index contributed by atoms with van der Waals surface area (Å²) in [7, 11) is 0. The summed E-state index contributed by atoms with van der Waals surface area (Å²) in [6.07, 6.45) is 3.17. The van der Waals surface area contributed by atoms with Gasteiger partial charge in [0.1, 0.15) is 0 Å². The lowest BCUT2D eigenvalue weighted by atomic mass is 10.2. The van der Waals surface area contributed by atoms with Crippen LogP contribution in [0.5, 0.6) is 0 Å². The Labute approximate surface area is 114 Å². The predicted molar refractivity (Wildman–Crippen MR) is 75.1 cm³/mol. The monoisotopic (exact) mass is 266 g/mol. The summed E-state index contributed by atoms with van der Waals surface area (Å²) in [5, 5.41) is 14.0. The van der Waals surface area contributed by atoms with Gasteiger partial charge in [0.05, 0.1) is 4.92 Å². The number of hydrogen-bond acceptors (Lipinski definition) is 4. The summed E-state index contributed by atoms with van der Waals surface area (Å²) < 4.78 is 5.44. The van der Waals surface area contributed by atoms with Gasteiger partial charge in [0, 0.05) is 31.4 Å². The van der Waals surface area contributed by atoms with Crippen LogP contribution in [0, 0.1) is 10.1 Å². The summed E-state index contributed by atoms with van der Waals surface area (Å²) in [4.78, 5) is 10.5. The lowest BCUT2D eigenvalue weighted by molar-refractivity contribution is -0.385. The number of nitro groups is 1. The lowest BCUT2D eigenvalue weighted by Gasteiger charge is -2.06. The summed E-state index contributed by atoms with van der Waals surface area (Å²) in [5.41, 5.74) is 0.897. The Balaban J connectivity index is 2.17. The van der Waals surface area contributed by atoms with Gasteiger partial charge in [-0.05, 0) is 19.4 Å². The molecule has 1 N–H and O–H groups in total. The number of ether oxygens (including phenoxy) is 1. The van der Waals surface area contributed by atoms with E-state index in [2.05, 4.69) is 12.2 Å². The minimum Gasteiger partial charge on any atom is -0.381 e. The maximum Gasteiger partial charge on any atom is 0.273 e. The summed E-state index contributed by atoms with van der Waals surface area (Å²) in [6.45, 7) is 5.02. The van der Waals surface area contributed by atoms with Gasteiger partial charge in [0.25, 0.3) is 5.69 Å². The number of unbranched alkanes of at least 4 members (excludes halogenated alkanes) is 1. The van der Waals surface area contributed by atoms with E-state index in [9.17, 15) is 10.1 Å². The van der Waals surface area contributed by atoms with Gasteiger partial charge in [-0.1, -0.05) is 31.5 Å². The molecule has 0 atom stereocenters. The van der Waals surface area contributed by atoms with Crippen LogP contribution in [-0.2, 0) is 11.3 Å². The van der Waals surface area contributed by atoms with E-state index in [1.807, 2.05) is 6.07 Å². The number of hydrogen-bond donors (Lipinski definition) is 1. The van der Waals surface area contributed by atoms with E-state index in [-0.39, 0.29) is 10.6 Å². The molecule has 1 rings (SSSR count). The molecule has 106 valence electrons. The molecule has 0 aliphatic carbocycles. The molecule has 0 saturated carbocycles. The van der Waals surface area contributed by atoms with Gasteiger partial charge in [-0.25, -0.2) is 0 Å². The third-order valence-corrected chi connectivity index (χ3v) is 2.79. The number of rotatable bonds is 10. The van der Waals surface area contributed by atoms with Gasteiger partial charge in [-0.3, -0.25) is 10.1 Å². The first-order valence-corrected chi connectivity index (χ1v) is 6.76. The Kier molecular flexibility index (Phi) is 7.77. The maximum absolute atomic E-state index is 10.8. The zero-order chi connectivity index (χ0) is 13.9. The zero-order valence-electron chi connectivity index (χ0n) is 11.4. The molecule has 0 radical (unpaired) electrons. The van der Waals surface area contributed by atoms with E-state index in [1.54, 1.807) is 12.1 Å². The van der Waals surface area contributed by atoms with E-state index >= 15 is 0 Å². The predicted octanol–water partition coefficient (Wildman–Crippen LogP) is 2.89. The van der Waals surface area contributed by atoms with E-state index in [0.29, 0.717) is 6.54 Å². The summed E-state index contributed by atoms with van der Waals surface area (Å²) in [6, 6.07) is 6.81. The molecule has 0 heterocycles. The molecule has 0 unspecified atom stereocenters. The Bertz CT molecular complexity index is 383. The van der Waals surface area contributed by atoms with Crippen LogP contribution in [0.1, 0.15) is 31.7 Å². The van der Waals surface area contributed by atoms with E-state index in [4.69, 9.17) is 4.74 Å². The van der Waals surface area contributed by atoms with Gasteiger partial charge in [0.2, 0.25) is 0 Å². The molecule has 1 aromatic carbocycles. The Morgan fingerprint density at radius 3 is 2.74 bits per heavy atom. The highest BCUT2D eigenvalue weighted by molar-refractivity contribution is 5.39. The van der Waals surface area contributed by atoms with Crippen molar-refractivity contribution in [2.45, 2.75) is 32.7 Å². The van der Waals surface area contributed by atoms with Crippen LogP contribution in [-0.4, -0.2) is 24.7 Å². The van der Waals surface area contributed by atoms with Crippen molar-refractivity contribution in [1.29, 1.82) is 0 Å². The Morgan fingerprint density at radius 1 is 1.26 bits per heavy atom. The largest absolute Gasteiger partial charge is 0.381 e. The highest BCUT2D eigenvalue weighted by atomic mass is 16.6. The van der Waals surface area contributed by atoms with Crippen LogP contribution in [0.2, 0.25) is 0 Å². The number of nitrogens with zero attached hydrogens (tertiary/aromatic N) is 1. The van der Waals surface area contributed by atoms with Gasteiger partial charge >= 0.3 is 0 Å². The zero-order valence-corrected chi connectivity index (χ0v) is 11.4. The normalized spacial score (nSPS) is 10.6. The molecule has 0 aliphatic heterocycles. The fraction of sp³-hybridized carbons (Fsp3) is 0.571. The quantitative estimate of drug-likeness (QED) is 0.402. The number of benzene rings is 1. The van der Waals surface area contributed by atoms with Crippen molar-refractivity contribution < 1.29 is 9.66 Å². The topological polar surface area (TPSA) is 64.4 Å². The van der Waals surface area contributed by atoms with E-state index < -0.39 is 0 Å². The second-order valence-electron chi connectivity index (χ2n) is 4.38. The number of para-hydroxylation sites is 1. The minimum atomic E-state index is -0.342. The fourth-order valence-electron chi connectivity index (χ4n) is 1.71. The lowest BCUT2D eigenvalue weighted by Crippen LogP contribution is -2.17. The molecule has 0 amide bonds. The first kappa shape index (κ1) is 15.6.